The third-order valence-electron chi connectivity index (χ3n) is 3.85. The number of amides is 2. The van der Waals surface area contributed by atoms with E-state index in [-0.39, 0.29) is 5.91 Å². The lowest BCUT2D eigenvalue weighted by molar-refractivity contribution is -0.119. The number of aromatic nitrogens is 1. The van der Waals surface area contributed by atoms with Crippen molar-refractivity contribution in [1.82, 2.24) is 14.8 Å². The number of anilines is 1. The maximum absolute atomic E-state index is 12.4. The summed E-state index contributed by atoms with van der Waals surface area (Å²) in [5, 5.41) is 0. The van der Waals surface area contributed by atoms with E-state index in [1.807, 2.05) is 6.07 Å². The molecule has 1 saturated heterocycles. The predicted molar refractivity (Wildman–Crippen MR) is 81.3 cm³/mol. The van der Waals surface area contributed by atoms with Crippen LogP contribution in [0.2, 0.25) is 0 Å². The van der Waals surface area contributed by atoms with Crippen molar-refractivity contribution in [3.8, 4) is 0 Å². The fraction of sp³-hybridized carbons (Fsp3) is 0.533. The Kier molecular flexibility index (Phi) is 5.14. The number of hydrogen-bond acceptors (Lipinski definition) is 4. The summed E-state index contributed by atoms with van der Waals surface area (Å²) >= 11 is 0. The first-order valence-electron chi connectivity index (χ1n) is 7.39. The van der Waals surface area contributed by atoms with E-state index in [0.29, 0.717) is 31.9 Å². The molecule has 114 valence electrons. The van der Waals surface area contributed by atoms with Crippen molar-refractivity contribution in [3.05, 3.63) is 24.0 Å². The fourth-order valence-corrected chi connectivity index (χ4v) is 2.48. The normalized spacial score (nSPS) is 15.0. The molecule has 0 unspecified atom stereocenters. The number of hydrogen-bond donors (Lipinski definition) is 0. The van der Waals surface area contributed by atoms with Crippen molar-refractivity contribution in [3.63, 3.8) is 0 Å². The molecule has 6 heteroatoms. The molecule has 1 aromatic rings. The summed E-state index contributed by atoms with van der Waals surface area (Å²) in [6.45, 7) is 8.33. The molecule has 6 nitrogen and oxygen atoms in total. The number of nitrogens with zero attached hydrogens (tertiary/aromatic N) is 4. The molecular formula is C15H22N4O2. The number of piperazine rings is 1. The van der Waals surface area contributed by atoms with Gasteiger partial charge in [0, 0.05) is 39.3 Å². The summed E-state index contributed by atoms with van der Waals surface area (Å²) in [5.41, 5.74) is 1.49. The Hall–Kier alpha value is -2.11. The van der Waals surface area contributed by atoms with Gasteiger partial charge in [0.1, 0.15) is 5.69 Å². The van der Waals surface area contributed by atoms with Gasteiger partial charge < -0.3 is 14.7 Å². The number of carbonyl (C=O) groups is 2. The van der Waals surface area contributed by atoms with Crippen molar-refractivity contribution in [2.45, 2.75) is 13.8 Å². The van der Waals surface area contributed by atoms with Crippen LogP contribution in [0.15, 0.2) is 18.3 Å². The summed E-state index contributed by atoms with van der Waals surface area (Å²) < 4.78 is 0. The van der Waals surface area contributed by atoms with Gasteiger partial charge in [-0.05, 0) is 26.0 Å². The molecule has 0 radical (unpaired) electrons. The number of pyridine rings is 1. The lowest BCUT2D eigenvalue weighted by Gasteiger charge is -2.32. The SMILES string of the molecule is CCN(CC)c1ccc(C(=O)N2CCN(C=O)CC2)nc1. The first-order chi connectivity index (χ1) is 10.2. The van der Waals surface area contributed by atoms with Crippen LogP contribution >= 0.6 is 0 Å². The minimum Gasteiger partial charge on any atom is -0.371 e. The third-order valence-corrected chi connectivity index (χ3v) is 3.85. The maximum Gasteiger partial charge on any atom is 0.272 e. The molecule has 21 heavy (non-hydrogen) atoms. The molecule has 0 spiro atoms. The lowest BCUT2D eigenvalue weighted by Crippen LogP contribution is -2.48. The maximum atomic E-state index is 12.4. The molecule has 2 heterocycles. The van der Waals surface area contributed by atoms with Gasteiger partial charge >= 0.3 is 0 Å². The van der Waals surface area contributed by atoms with Gasteiger partial charge in [-0.3, -0.25) is 9.59 Å². The summed E-state index contributed by atoms with van der Waals surface area (Å²) in [5.74, 6) is -0.0633. The van der Waals surface area contributed by atoms with Crippen LogP contribution in [0.25, 0.3) is 0 Å². The zero-order valence-corrected chi connectivity index (χ0v) is 12.7. The van der Waals surface area contributed by atoms with Crippen molar-refractivity contribution in [2.75, 3.05) is 44.2 Å². The molecule has 1 aromatic heterocycles. The van der Waals surface area contributed by atoms with Gasteiger partial charge in [-0.25, -0.2) is 4.98 Å². The van der Waals surface area contributed by atoms with Crippen molar-refractivity contribution in [1.29, 1.82) is 0 Å². The van der Waals surface area contributed by atoms with E-state index >= 15 is 0 Å². The standard InChI is InChI=1S/C15H22N4O2/c1-3-18(4-2)13-5-6-14(16-11-13)15(21)19-9-7-17(12-20)8-10-19/h5-6,11-12H,3-4,7-10H2,1-2H3. The second-order valence-corrected chi connectivity index (χ2v) is 5.01. The van der Waals surface area contributed by atoms with Crippen LogP contribution in [-0.2, 0) is 4.79 Å². The van der Waals surface area contributed by atoms with Gasteiger partial charge in [-0.15, -0.1) is 0 Å². The lowest BCUT2D eigenvalue weighted by atomic mass is 10.2. The zero-order chi connectivity index (χ0) is 15.2. The summed E-state index contributed by atoms with van der Waals surface area (Å²) in [4.78, 5) is 32.9. The van der Waals surface area contributed by atoms with E-state index in [9.17, 15) is 9.59 Å². The topological polar surface area (TPSA) is 56.8 Å². The van der Waals surface area contributed by atoms with Crippen LogP contribution in [0.5, 0.6) is 0 Å². The molecule has 0 aromatic carbocycles. The Labute approximate surface area is 125 Å². The molecule has 2 rings (SSSR count). The Morgan fingerprint density at radius 3 is 2.38 bits per heavy atom. The highest BCUT2D eigenvalue weighted by Gasteiger charge is 2.22. The summed E-state index contributed by atoms with van der Waals surface area (Å²) in [6, 6.07) is 3.72. The van der Waals surface area contributed by atoms with E-state index in [1.165, 1.54) is 0 Å². The average Bonchev–Trinajstić information content (AvgIpc) is 2.56. The molecular weight excluding hydrogens is 268 g/mol. The van der Waals surface area contributed by atoms with Gasteiger partial charge in [0.05, 0.1) is 11.9 Å². The predicted octanol–water partition coefficient (Wildman–Crippen LogP) is 0.842. The van der Waals surface area contributed by atoms with E-state index in [1.54, 1.807) is 22.1 Å². The highest BCUT2D eigenvalue weighted by Crippen LogP contribution is 2.14. The molecule has 0 atom stereocenters. The molecule has 1 aliphatic heterocycles. The molecule has 0 saturated carbocycles. The molecule has 1 fully saturated rings. The van der Waals surface area contributed by atoms with Crippen LogP contribution < -0.4 is 4.90 Å². The second kappa shape index (κ2) is 7.06. The number of rotatable bonds is 5. The van der Waals surface area contributed by atoms with Crippen molar-refractivity contribution < 1.29 is 9.59 Å². The highest BCUT2D eigenvalue weighted by molar-refractivity contribution is 5.92. The zero-order valence-electron chi connectivity index (χ0n) is 12.7. The van der Waals surface area contributed by atoms with Crippen LogP contribution in [0.3, 0.4) is 0 Å². The summed E-state index contributed by atoms with van der Waals surface area (Å²) in [7, 11) is 0. The Balaban J connectivity index is 2.01. The molecule has 0 bridgehead atoms. The minimum atomic E-state index is -0.0633. The first-order valence-corrected chi connectivity index (χ1v) is 7.39. The van der Waals surface area contributed by atoms with Crippen LogP contribution in [-0.4, -0.2) is 66.4 Å². The number of carbonyl (C=O) groups excluding carboxylic acids is 2. The third kappa shape index (κ3) is 3.51. The van der Waals surface area contributed by atoms with Crippen LogP contribution in [0.4, 0.5) is 5.69 Å². The van der Waals surface area contributed by atoms with Crippen LogP contribution in [0, 0.1) is 0 Å². The van der Waals surface area contributed by atoms with E-state index in [2.05, 4.69) is 23.7 Å². The largest absolute Gasteiger partial charge is 0.371 e. The van der Waals surface area contributed by atoms with Crippen molar-refractivity contribution in [2.24, 2.45) is 0 Å². The monoisotopic (exact) mass is 290 g/mol. The van der Waals surface area contributed by atoms with Gasteiger partial charge in [-0.2, -0.15) is 0 Å². The van der Waals surface area contributed by atoms with E-state index in [4.69, 9.17) is 0 Å². The first kappa shape index (κ1) is 15.3. The quantitative estimate of drug-likeness (QED) is 0.754. The Morgan fingerprint density at radius 2 is 1.90 bits per heavy atom. The average molecular weight is 290 g/mol. The molecule has 0 N–H and O–H groups in total. The highest BCUT2D eigenvalue weighted by atomic mass is 16.2. The van der Waals surface area contributed by atoms with Gasteiger partial charge in [0.25, 0.3) is 5.91 Å². The minimum absolute atomic E-state index is 0.0633. The van der Waals surface area contributed by atoms with E-state index in [0.717, 1.165) is 25.2 Å². The Bertz CT molecular complexity index is 477. The molecule has 0 aliphatic carbocycles. The van der Waals surface area contributed by atoms with Gasteiger partial charge in [-0.1, -0.05) is 0 Å². The van der Waals surface area contributed by atoms with Gasteiger partial charge in [0.15, 0.2) is 0 Å². The van der Waals surface area contributed by atoms with Crippen LogP contribution in [0.1, 0.15) is 24.3 Å². The van der Waals surface area contributed by atoms with Crippen molar-refractivity contribution >= 4 is 18.0 Å². The van der Waals surface area contributed by atoms with E-state index < -0.39 is 0 Å². The fourth-order valence-electron chi connectivity index (χ4n) is 2.48. The Morgan fingerprint density at radius 1 is 1.24 bits per heavy atom. The van der Waals surface area contributed by atoms with Gasteiger partial charge in [0.2, 0.25) is 6.41 Å². The molecule has 1 aliphatic rings. The molecule has 2 amide bonds. The summed E-state index contributed by atoms with van der Waals surface area (Å²) in [6.07, 6.45) is 2.58. The second-order valence-electron chi connectivity index (χ2n) is 5.01. The smallest absolute Gasteiger partial charge is 0.272 e.